The maximum absolute atomic E-state index is 13.1. The van der Waals surface area contributed by atoms with Gasteiger partial charge in [-0.25, -0.2) is 4.39 Å². The second-order valence-corrected chi connectivity index (χ2v) is 5.51. The Labute approximate surface area is 121 Å². The van der Waals surface area contributed by atoms with Gasteiger partial charge in [-0.3, -0.25) is 14.9 Å². The number of nitrogens with zero attached hydrogens (tertiary/aromatic N) is 2. The molecule has 1 fully saturated rings. The van der Waals surface area contributed by atoms with Crippen LogP contribution in [-0.4, -0.2) is 40.0 Å². The van der Waals surface area contributed by atoms with Gasteiger partial charge < -0.3 is 10.0 Å². The third-order valence-electron chi connectivity index (χ3n) is 3.80. The average Bonchev–Trinajstić information content (AvgIpc) is 2.84. The van der Waals surface area contributed by atoms with E-state index in [1.807, 2.05) is 0 Å². The summed E-state index contributed by atoms with van der Waals surface area (Å²) < 4.78 is 13.1. The molecule has 0 aromatic heterocycles. The van der Waals surface area contributed by atoms with Crippen molar-refractivity contribution in [2.45, 2.75) is 31.3 Å². The Morgan fingerprint density at radius 2 is 2.10 bits per heavy atom. The van der Waals surface area contributed by atoms with Crippen LogP contribution in [0.3, 0.4) is 0 Å². The number of halogens is 1. The average molecular weight is 296 g/mol. The van der Waals surface area contributed by atoms with Gasteiger partial charge in [-0.05, 0) is 25.0 Å². The molecule has 6 nitrogen and oxygen atoms in total. The Morgan fingerprint density at radius 1 is 1.48 bits per heavy atom. The zero-order chi connectivity index (χ0) is 15.6. The van der Waals surface area contributed by atoms with Gasteiger partial charge in [0.05, 0.1) is 16.6 Å². The van der Waals surface area contributed by atoms with Crippen LogP contribution in [0.15, 0.2) is 18.2 Å². The Hall–Kier alpha value is -2.02. The van der Waals surface area contributed by atoms with Crippen molar-refractivity contribution in [2.75, 3.05) is 13.6 Å². The normalized spacial score (nSPS) is 16.7. The van der Waals surface area contributed by atoms with Crippen LogP contribution in [0.5, 0.6) is 0 Å². The Kier molecular flexibility index (Phi) is 4.22. The van der Waals surface area contributed by atoms with E-state index < -0.39 is 27.9 Å². The van der Waals surface area contributed by atoms with Crippen molar-refractivity contribution in [1.82, 2.24) is 4.90 Å². The number of aliphatic hydroxyl groups is 1. The highest BCUT2D eigenvalue weighted by Crippen LogP contribution is 2.30. The molecule has 0 bridgehead atoms. The lowest BCUT2D eigenvalue weighted by Crippen LogP contribution is -2.42. The van der Waals surface area contributed by atoms with Crippen molar-refractivity contribution in [2.24, 2.45) is 0 Å². The van der Waals surface area contributed by atoms with Gasteiger partial charge in [-0.2, -0.15) is 0 Å². The highest BCUT2D eigenvalue weighted by atomic mass is 19.1. The zero-order valence-electron chi connectivity index (χ0n) is 11.7. The molecule has 1 aliphatic carbocycles. The molecule has 0 heterocycles. The molecule has 0 radical (unpaired) electrons. The fourth-order valence-corrected chi connectivity index (χ4v) is 2.75. The maximum Gasteiger partial charge on any atom is 0.285 e. The number of carbonyl (C=O) groups is 1. The minimum absolute atomic E-state index is 0.111. The van der Waals surface area contributed by atoms with E-state index in [1.54, 1.807) is 0 Å². The summed E-state index contributed by atoms with van der Waals surface area (Å²) in [5, 5.41) is 21.2. The lowest BCUT2D eigenvalue weighted by Gasteiger charge is -2.28. The fraction of sp³-hybridized carbons (Fsp3) is 0.500. The van der Waals surface area contributed by atoms with Crippen LogP contribution < -0.4 is 0 Å². The monoisotopic (exact) mass is 296 g/mol. The molecule has 1 amide bonds. The molecule has 1 saturated carbocycles. The minimum atomic E-state index is -0.931. The molecule has 2 rings (SSSR count). The number of rotatable bonds is 4. The summed E-state index contributed by atoms with van der Waals surface area (Å²) in [6.07, 6.45) is 3.01. The number of likely N-dealkylation sites (N-methyl/N-ethyl adjacent to an activating group) is 1. The number of amides is 1. The molecular weight excluding hydrogens is 279 g/mol. The van der Waals surface area contributed by atoms with Gasteiger partial charge in [-0.1, -0.05) is 12.8 Å². The fourth-order valence-electron chi connectivity index (χ4n) is 2.75. The number of carbonyl (C=O) groups excluding carboxylic acids is 1. The molecular formula is C14H17FN2O4. The minimum Gasteiger partial charge on any atom is -0.388 e. The summed E-state index contributed by atoms with van der Waals surface area (Å²) in [4.78, 5) is 23.7. The number of nitro groups is 1. The van der Waals surface area contributed by atoms with Crippen LogP contribution in [0.2, 0.25) is 0 Å². The molecule has 0 unspecified atom stereocenters. The first-order valence-electron chi connectivity index (χ1n) is 6.74. The second kappa shape index (κ2) is 5.77. The van der Waals surface area contributed by atoms with E-state index in [-0.39, 0.29) is 12.1 Å². The van der Waals surface area contributed by atoms with Gasteiger partial charge in [0.1, 0.15) is 11.4 Å². The summed E-state index contributed by atoms with van der Waals surface area (Å²) in [7, 11) is 1.48. The van der Waals surface area contributed by atoms with Crippen molar-refractivity contribution in [1.29, 1.82) is 0 Å². The van der Waals surface area contributed by atoms with E-state index in [2.05, 4.69) is 0 Å². The molecule has 1 N–H and O–H groups in total. The second-order valence-electron chi connectivity index (χ2n) is 5.51. The SMILES string of the molecule is CN(CC1(O)CCCC1)C(=O)c1ccc(F)cc1[N+](=O)[O-]. The van der Waals surface area contributed by atoms with Crippen LogP contribution in [-0.2, 0) is 0 Å². The zero-order valence-corrected chi connectivity index (χ0v) is 11.7. The molecule has 7 heteroatoms. The van der Waals surface area contributed by atoms with Crippen molar-refractivity contribution >= 4 is 11.6 Å². The van der Waals surface area contributed by atoms with Gasteiger partial charge in [0.15, 0.2) is 0 Å². The first-order chi connectivity index (χ1) is 9.82. The first-order valence-corrected chi connectivity index (χ1v) is 6.74. The van der Waals surface area contributed by atoms with Crippen molar-refractivity contribution in [3.8, 4) is 0 Å². The van der Waals surface area contributed by atoms with E-state index in [9.17, 15) is 24.4 Å². The van der Waals surface area contributed by atoms with Gasteiger partial charge in [0, 0.05) is 13.6 Å². The molecule has 1 aliphatic rings. The number of nitro benzene ring substituents is 1. The Bertz CT molecular complexity index is 570. The van der Waals surface area contributed by atoms with Crippen LogP contribution in [0, 0.1) is 15.9 Å². The van der Waals surface area contributed by atoms with Crippen LogP contribution in [0.1, 0.15) is 36.0 Å². The van der Waals surface area contributed by atoms with Gasteiger partial charge in [0.25, 0.3) is 11.6 Å². The predicted octanol–water partition coefficient (Wildman–Crippen LogP) is 2.11. The summed E-state index contributed by atoms with van der Waals surface area (Å²) in [5.41, 5.74) is -1.67. The number of benzene rings is 1. The molecule has 0 atom stereocenters. The molecule has 0 saturated heterocycles. The summed E-state index contributed by atoms with van der Waals surface area (Å²) in [6, 6.07) is 2.84. The first kappa shape index (κ1) is 15.4. The van der Waals surface area contributed by atoms with Gasteiger partial charge >= 0.3 is 0 Å². The van der Waals surface area contributed by atoms with Gasteiger partial charge in [0.2, 0.25) is 0 Å². The lowest BCUT2D eigenvalue weighted by atomic mass is 10.0. The van der Waals surface area contributed by atoms with E-state index in [1.165, 1.54) is 11.9 Å². The third kappa shape index (κ3) is 3.36. The topological polar surface area (TPSA) is 83.7 Å². The Balaban J connectivity index is 2.21. The van der Waals surface area contributed by atoms with Crippen molar-refractivity contribution < 1.29 is 19.2 Å². The maximum atomic E-state index is 13.1. The Morgan fingerprint density at radius 3 is 2.67 bits per heavy atom. The van der Waals surface area contributed by atoms with Crippen LogP contribution >= 0.6 is 0 Å². The number of hydrogen-bond donors (Lipinski definition) is 1. The summed E-state index contributed by atoms with van der Waals surface area (Å²) in [6.45, 7) is 0.111. The molecule has 21 heavy (non-hydrogen) atoms. The lowest BCUT2D eigenvalue weighted by molar-refractivity contribution is -0.385. The predicted molar refractivity (Wildman–Crippen MR) is 73.4 cm³/mol. The third-order valence-corrected chi connectivity index (χ3v) is 3.80. The highest BCUT2D eigenvalue weighted by molar-refractivity contribution is 5.98. The highest BCUT2D eigenvalue weighted by Gasteiger charge is 2.34. The largest absolute Gasteiger partial charge is 0.388 e. The van der Waals surface area contributed by atoms with E-state index >= 15 is 0 Å². The summed E-state index contributed by atoms with van der Waals surface area (Å²) in [5.74, 6) is -1.36. The standard InChI is InChI=1S/C14H17FN2O4/c1-16(9-14(19)6-2-3-7-14)13(18)11-5-4-10(15)8-12(11)17(20)21/h4-5,8,19H,2-3,6-7,9H2,1H3. The van der Waals surface area contributed by atoms with Gasteiger partial charge in [-0.15, -0.1) is 0 Å². The number of hydrogen-bond acceptors (Lipinski definition) is 4. The smallest absolute Gasteiger partial charge is 0.285 e. The molecule has 1 aromatic rings. The van der Waals surface area contributed by atoms with Crippen LogP contribution in [0.4, 0.5) is 10.1 Å². The van der Waals surface area contributed by atoms with E-state index in [0.717, 1.165) is 31.0 Å². The molecule has 1 aromatic carbocycles. The quantitative estimate of drug-likeness (QED) is 0.681. The van der Waals surface area contributed by atoms with E-state index in [0.29, 0.717) is 12.8 Å². The van der Waals surface area contributed by atoms with E-state index in [4.69, 9.17) is 0 Å². The summed E-state index contributed by atoms with van der Waals surface area (Å²) >= 11 is 0. The molecule has 0 aliphatic heterocycles. The molecule has 114 valence electrons. The van der Waals surface area contributed by atoms with Crippen LogP contribution in [0.25, 0.3) is 0 Å². The van der Waals surface area contributed by atoms with Crippen molar-refractivity contribution in [3.63, 3.8) is 0 Å². The van der Waals surface area contributed by atoms with Crippen molar-refractivity contribution in [3.05, 3.63) is 39.7 Å². The molecule has 0 spiro atoms.